The smallest absolute Gasteiger partial charge is 0.267 e. The number of pyridine rings is 1. The molecule has 0 spiro atoms. The Balaban J connectivity index is 1.81. The molecule has 0 saturated carbocycles. The van der Waals surface area contributed by atoms with Crippen LogP contribution in [0.4, 0.5) is 5.82 Å². The van der Waals surface area contributed by atoms with Gasteiger partial charge in [-0.3, -0.25) is 9.59 Å². The largest absolute Gasteiger partial charge is 0.363 e. The third-order valence-electron chi connectivity index (χ3n) is 4.47. The highest BCUT2D eigenvalue weighted by molar-refractivity contribution is 5.76. The molecule has 0 N–H and O–H groups in total. The van der Waals surface area contributed by atoms with Crippen molar-refractivity contribution in [1.82, 2.24) is 19.7 Å². The van der Waals surface area contributed by atoms with Crippen molar-refractivity contribution < 1.29 is 4.79 Å². The monoisotopic (exact) mass is 341 g/mol. The van der Waals surface area contributed by atoms with E-state index in [1.807, 2.05) is 36.0 Å². The summed E-state index contributed by atoms with van der Waals surface area (Å²) in [6.07, 6.45) is 3.64. The predicted molar refractivity (Wildman–Crippen MR) is 95.5 cm³/mol. The summed E-state index contributed by atoms with van der Waals surface area (Å²) in [7, 11) is 3.89. The molecule has 1 fully saturated rings. The maximum absolute atomic E-state index is 12.8. The molecular weight excluding hydrogens is 318 g/mol. The lowest BCUT2D eigenvalue weighted by molar-refractivity contribution is -0.133. The van der Waals surface area contributed by atoms with Gasteiger partial charge in [0.25, 0.3) is 5.56 Å². The van der Waals surface area contributed by atoms with Crippen molar-refractivity contribution in [3.8, 4) is 0 Å². The van der Waals surface area contributed by atoms with E-state index in [0.29, 0.717) is 6.54 Å². The molecule has 1 amide bonds. The van der Waals surface area contributed by atoms with Crippen molar-refractivity contribution in [2.45, 2.75) is 32.4 Å². The standard InChI is InChI=1S/C18H23N5O2/c1-13-6-7-17(24)23(20-13)12-18(25)22-10-4-5-15(22)14-8-9-19-16(11-14)21(2)3/h6-9,11,15H,4-5,10,12H2,1-3H3. The van der Waals surface area contributed by atoms with E-state index < -0.39 is 0 Å². The van der Waals surface area contributed by atoms with Gasteiger partial charge in [-0.15, -0.1) is 0 Å². The van der Waals surface area contributed by atoms with Gasteiger partial charge in [0, 0.05) is 32.9 Å². The quantitative estimate of drug-likeness (QED) is 0.840. The summed E-state index contributed by atoms with van der Waals surface area (Å²) in [5, 5.41) is 4.16. The maximum Gasteiger partial charge on any atom is 0.267 e. The summed E-state index contributed by atoms with van der Waals surface area (Å²) < 4.78 is 1.24. The van der Waals surface area contributed by atoms with Gasteiger partial charge < -0.3 is 9.80 Å². The highest BCUT2D eigenvalue weighted by Gasteiger charge is 2.30. The Morgan fingerprint density at radius 3 is 2.88 bits per heavy atom. The number of aromatic nitrogens is 3. The summed E-state index contributed by atoms with van der Waals surface area (Å²) in [6.45, 7) is 2.48. The van der Waals surface area contributed by atoms with Gasteiger partial charge in [0.1, 0.15) is 12.4 Å². The highest BCUT2D eigenvalue weighted by atomic mass is 16.2. The number of amides is 1. The summed E-state index contributed by atoms with van der Waals surface area (Å²) in [5.74, 6) is 0.791. The zero-order chi connectivity index (χ0) is 18.0. The average molecular weight is 341 g/mol. The molecule has 7 nitrogen and oxygen atoms in total. The normalized spacial score (nSPS) is 16.9. The molecule has 25 heavy (non-hydrogen) atoms. The second-order valence-electron chi connectivity index (χ2n) is 6.56. The molecule has 3 heterocycles. The molecule has 0 bridgehead atoms. The van der Waals surface area contributed by atoms with Gasteiger partial charge in [0.2, 0.25) is 5.91 Å². The van der Waals surface area contributed by atoms with Crippen LogP contribution in [-0.4, -0.2) is 46.2 Å². The van der Waals surface area contributed by atoms with Crippen molar-refractivity contribution in [3.05, 3.63) is 52.1 Å². The third kappa shape index (κ3) is 3.70. The van der Waals surface area contributed by atoms with Crippen LogP contribution in [0, 0.1) is 6.92 Å². The molecular formula is C18H23N5O2. The number of hydrogen-bond donors (Lipinski definition) is 0. The van der Waals surface area contributed by atoms with E-state index in [1.54, 1.807) is 19.2 Å². The van der Waals surface area contributed by atoms with Gasteiger partial charge >= 0.3 is 0 Å². The molecule has 3 rings (SSSR count). The Hall–Kier alpha value is -2.70. The molecule has 1 aliphatic heterocycles. The summed E-state index contributed by atoms with van der Waals surface area (Å²) in [4.78, 5) is 32.8. The Morgan fingerprint density at radius 1 is 1.32 bits per heavy atom. The fourth-order valence-electron chi connectivity index (χ4n) is 3.18. The molecule has 7 heteroatoms. The molecule has 1 atom stereocenters. The Morgan fingerprint density at radius 2 is 2.12 bits per heavy atom. The minimum Gasteiger partial charge on any atom is -0.363 e. The summed E-state index contributed by atoms with van der Waals surface area (Å²) >= 11 is 0. The number of aryl methyl sites for hydroxylation is 1. The van der Waals surface area contributed by atoms with E-state index in [4.69, 9.17) is 0 Å². The van der Waals surface area contributed by atoms with Gasteiger partial charge in [-0.25, -0.2) is 9.67 Å². The first-order valence-electron chi connectivity index (χ1n) is 8.43. The number of hydrogen-bond acceptors (Lipinski definition) is 5. The molecule has 1 unspecified atom stereocenters. The maximum atomic E-state index is 12.8. The van der Waals surface area contributed by atoms with Gasteiger partial charge in [-0.2, -0.15) is 5.10 Å². The van der Waals surface area contributed by atoms with E-state index in [2.05, 4.69) is 10.1 Å². The topological polar surface area (TPSA) is 71.3 Å². The number of carbonyl (C=O) groups excluding carboxylic acids is 1. The number of likely N-dealkylation sites (tertiary alicyclic amines) is 1. The van der Waals surface area contributed by atoms with E-state index in [-0.39, 0.29) is 24.1 Å². The third-order valence-corrected chi connectivity index (χ3v) is 4.47. The van der Waals surface area contributed by atoms with Crippen molar-refractivity contribution in [2.24, 2.45) is 0 Å². The molecule has 1 saturated heterocycles. The molecule has 2 aromatic rings. The fraction of sp³-hybridized carbons (Fsp3) is 0.444. The zero-order valence-electron chi connectivity index (χ0n) is 14.8. The Kier molecular flexibility index (Phi) is 4.83. The number of rotatable bonds is 4. The minimum absolute atomic E-state index is 0.0229. The molecule has 0 radical (unpaired) electrons. The molecule has 1 aliphatic rings. The average Bonchev–Trinajstić information content (AvgIpc) is 3.08. The summed E-state index contributed by atoms with van der Waals surface area (Å²) in [5.41, 5.74) is 1.54. The molecule has 132 valence electrons. The van der Waals surface area contributed by atoms with Crippen LogP contribution in [0.25, 0.3) is 0 Å². The number of anilines is 1. The van der Waals surface area contributed by atoms with Crippen molar-refractivity contribution >= 4 is 11.7 Å². The fourth-order valence-corrected chi connectivity index (χ4v) is 3.18. The van der Waals surface area contributed by atoms with E-state index >= 15 is 0 Å². The lowest BCUT2D eigenvalue weighted by Crippen LogP contribution is -2.37. The van der Waals surface area contributed by atoms with Crippen LogP contribution in [0.15, 0.2) is 35.3 Å². The lowest BCUT2D eigenvalue weighted by atomic mass is 10.1. The van der Waals surface area contributed by atoms with Crippen LogP contribution >= 0.6 is 0 Å². The molecule has 2 aromatic heterocycles. The summed E-state index contributed by atoms with van der Waals surface area (Å²) in [6, 6.07) is 7.10. The van der Waals surface area contributed by atoms with Crippen LogP contribution < -0.4 is 10.5 Å². The van der Waals surface area contributed by atoms with Gasteiger partial charge in [0.15, 0.2) is 0 Å². The second kappa shape index (κ2) is 7.04. The first-order valence-corrected chi connectivity index (χ1v) is 8.43. The van der Waals surface area contributed by atoms with Crippen LogP contribution in [0.2, 0.25) is 0 Å². The zero-order valence-corrected chi connectivity index (χ0v) is 14.8. The Bertz CT molecular complexity index is 830. The van der Waals surface area contributed by atoms with Crippen LogP contribution in [0.3, 0.4) is 0 Å². The van der Waals surface area contributed by atoms with Crippen molar-refractivity contribution in [1.29, 1.82) is 0 Å². The lowest BCUT2D eigenvalue weighted by Gasteiger charge is -2.26. The van der Waals surface area contributed by atoms with E-state index in [9.17, 15) is 9.59 Å². The van der Waals surface area contributed by atoms with E-state index in [0.717, 1.165) is 29.9 Å². The van der Waals surface area contributed by atoms with E-state index in [1.165, 1.54) is 10.7 Å². The SMILES string of the molecule is Cc1ccc(=O)n(CC(=O)N2CCCC2c2ccnc(N(C)C)c2)n1. The van der Waals surface area contributed by atoms with Gasteiger partial charge in [-0.05, 0) is 43.5 Å². The number of carbonyl (C=O) groups is 1. The van der Waals surface area contributed by atoms with Crippen LogP contribution in [-0.2, 0) is 11.3 Å². The second-order valence-corrected chi connectivity index (χ2v) is 6.56. The Labute approximate surface area is 146 Å². The minimum atomic E-state index is -0.256. The van der Waals surface area contributed by atoms with Crippen molar-refractivity contribution in [3.63, 3.8) is 0 Å². The number of nitrogens with zero attached hydrogens (tertiary/aromatic N) is 5. The molecule has 0 aromatic carbocycles. The van der Waals surface area contributed by atoms with Crippen molar-refractivity contribution in [2.75, 3.05) is 25.5 Å². The predicted octanol–water partition coefficient (Wildman–Crippen LogP) is 1.38. The first-order chi connectivity index (χ1) is 12.0. The highest BCUT2D eigenvalue weighted by Crippen LogP contribution is 2.32. The van der Waals surface area contributed by atoms with Crippen LogP contribution in [0.1, 0.15) is 30.1 Å². The van der Waals surface area contributed by atoms with Gasteiger partial charge in [-0.1, -0.05) is 0 Å². The first kappa shape index (κ1) is 17.1. The van der Waals surface area contributed by atoms with Crippen LogP contribution in [0.5, 0.6) is 0 Å². The molecule has 0 aliphatic carbocycles. The van der Waals surface area contributed by atoms with Gasteiger partial charge in [0.05, 0.1) is 11.7 Å².